The van der Waals surface area contributed by atoms with Crippen LogP contribution in [0, 0.1) is 0 Å². The molecule has 5 nitrogen and oxygen atoms in total. The Balaban J connectivity index is 2.43. The van der Waals surface area contributed by atoms with Gasteiger partial charge in [-0.15, -0.1) is 0 Å². The van der Waals surface area contributed by atoms with Crippen molar-refractivity contribution in [1.82, 2.24) is 5.32 Å². The van der Waals surface area contributed by atoms with E-state index in [1.807, 2.05) is 0 Å². The van der Waals surface area contributed by atoms with Gasteiger partial charge in [0.05, 0.1) is 0 Å². The number of rotatable bonds is 0. The van der Waals surface area contributed by atoms with E-state index in [2.05, 4.69) is 20.3 Å². The van der Waals surface area contributed by atoms with Crippen molar-refractivity contribution in [2.24, 2.45) is 15.0 Å². The topological polar surface area (TPSA) is 66.2 Å². The molecule has 2 heterocycles. The standard InChI is InChI=1S/C5H2Cl2N4O/c6-4-8-1-2(9-4)10-5(7)11-3(1)12/h1H,(H,8,9,10,11,12). The first kappa shape index (κ1) is 7.70. The highest BCUT2D eigenvalue weighted by atomic mass is 35.5. The van der Waals surface area contributed by atoms with E-state index in [9.17, 15) is 4.79 Å². The van der Waals surface area contributed by atoms with Crippen LogP contribution in [0.5, 0.6) is 0 Å². The van der Waals surface area contributed by atoms with Gasteiger partial charge in [0, 0.05) is 0 Å². The second-order valence-corrected chi connectivity index (χ2v) is 2.86. The van der Waals surface area contributed by atoms with Crippen LogP contribution in [-0.2, 0) is 4.79 Å². The lowest BCUT2D eigenvalue weighted by Gasteiger charge is -2.12. The molecule has 0 fully saturated rings. The van der Waals surface area contributed by atoms with Crippen molar-refractivity contribution >= 4 is 45.5 Å². The molecule has 0 aromatic carbocycles. The number of aliphatic imine (C=N–C) groups is 3. The first-order valence-electron chi connectivity index (χ1n) is 3.04. The van der Waals surface area contributed by atoms with Gasteiger partial charge in [0.1, 0.15) is 0 Å². The first-order valence-corrected chi connectivity index (χ1v) is 3.79. The Hall–Kier alpha value is -0.940. The van der Waals surface area contributed by atoms with Crippen molar-refractivity contribution in [1.29, 1.82) is 0 Å². The maximum absolute atomic E-state index is 11.1. The fourth-order valence-electron chi connectivity index (χ4n) is 0.909. The average molecular weight is 205 g/mol. The van der Waals surface area contributed by atoms with Crippen LogP contribution in [0.4, 0.5) is 0 Å². The van der Waals surface area contributed by atoms with Crippen molar-refractivity contribution in [2.45, 2.75) is 6.04 Å². The molecule has 0 aromatic rings. The van der Waals surface area contributed by atoms with Crippen molar-refractivity contribution < 1.29 is 4.79 Å². The highest BCUT2D eigenvalue weighted by molar-refractivity contribution is 6.69. The van der Waals surface area contributed by atoms with Crippen LogP contribution in [0.25, 0.3) is 0 Å². The molecule has 0 aromatic heterocycles. The highest BCUT2D eigenvalue weighted by Gasteiger charge is 2.33. The second-order valence-electron chi connectivity index (χ2n) is 2.16. The minimum Gasteiger partial charge on any atom is -0.298 e. The van der Waals surface area contributed by atoms with E-state index < -0.39 is 6.04 Å². The monoisotopic (exact) mass is 204 g/mol. The first-order chi connectivity index (χ1) is 5.66. The average Bonchev–Trinajstić information content (AvgIpc) is 2.29. The Kier molecular flexibility index (Phi) is 1.62. The highest BCUT2D eigenvalue weighted by Crippen LogP contribution is 2.13. The summed E-state index contributed by atoms with van der Waals surface area (Å²) < 4.78 is 0. The van der Waals surface area contributed by atoms with Gasteiger partial charge in [-0.3, -0.25) is 10.1 Å². The minimum absolute atomic E-state index is 0.00318. The van der Waals surface area contributed by atoms with Gasteiger partial charge in [-0.2, -0.15) is 0 Å². The molecule has 12 heavy (non-hydrogen) atoms. The summed E-state index contributed by atoms with van der Waals surface area (Å²) in [4.78, 5) is 22.3. The maximum atomic E-state index is 11.1. The number of amidine groups is 3. The van der Waals surface area contributed by atoms with Crippen LogP contribution in [0.2, 0.25) is 0 Å². The van der Waals surface area contributed by atoms with E-state index in [4.69, 9.17) is 23.2 Å². The smallest absolute Gasteiger partial charge is 0.259 e. The number of fused-ring (bicyclic) bond motifs is 1. The molecule has 2 aliphatic rings. The molecule has 1 N–H and O–H groups in total. The molecule has 1 atom stereocenters. The zero-order valence-corrected chi connectivity index (χ0v) is 7.10. The second kappa shape index (κ2) is 2.53. The third-order valence-electron chi connectivity index (χ3n) is 1.37. The molecule has 2 rings (SSSR count). The molecular weight excluding hydrogens is 203 g/mol. The SMILES string of the molecule is O=C1NC(Cl)=NC2=NC(Cl)=NC12. The summed E-state index contributed by atoms with van der Waals surface area (Å²) in [5.74, 6) is -0.113. The Morgan fingerprint density at radius 1 is 1.33 bits per heavy atom. The Morgan fingerprint density at radius 2 is 2.08 bits per heavy atom. The van der Waals surface area contributed by atoms with Gasteiger partial charge in [0.2, 0.25) is 10.6 Å². The molecule has 0 bridgehead atoms. The normalized spacial score (nSPS) is 27.0. The molecule has 62 valence electrons. The van der Waals surface area contributed by atoms with Crippen LogP contribution in [0.1, 0.15) is 0 Å². The van der Waals surface area contributed by atoms with Gasteiger partial charge in [-0.1, -0.05) is 0 Å². The lowest BCUT2D eigenvalue weighted by Crippen LogP contribution is -2.43. The van der Waals surface area contributed by atoms with Gasteiger partial charge in [-0.25, -0.2) is 15.0 Å². The van der Waals surface area contributed by atoms with E-state index >= 15 is 0 Å². The number of nitrogens with zero attached hydrogens (tertiary/aromatic N) is 3. The van der Waals surface area contributed by atoms with Gasteiger partial charge in [0.15, 0.2) is 11.9 Å². The maximum Gasteiger partial charge on any atom is 0.259 e. The summed E-state index contributed by atoms with van der Waals surface area (Å²) >= 11 is 10.9. The summed E-state index contributed by atoms with van der Waals surface area (Å²) in [6.45, 7) is 0. The van der Waals surface area contributed by atoms with Crippen molar-refractivity contribution in [3.63, 3.8) is 0 Å². The third kappa shape index (κ3) is 1.11. The van der Waals surface area contributed by atoms with Gasteiger partial charge in [-0.05, 0) is 23.2 Å². The van der Waals surface area contributed by atoms with Gasteiger partial charge in [0.25, 0.3) is 5.91 Å². The third-order valence-corrected chi connectivity index (χ3v) is 1.74. The minimum atomic E-state index is -0.722. The molecule has 7 heteroatoms. The molecule has 0 radical (unpaired) electrons. The summed E-state index contributed by atoms with van der Waals surface area (Å²) in [5.41, 5.74) is 0. The summed E-state index contributed by atoms with van der Waals surface area (Å²) in [6.07, 6.45) is 0. The fraction of sp³-hybridized carbons (Fsp3) is 0.200. The zero-order chi connectivity index (χ0) is 8.72. The van der Waals surface area contributed by atoms with Crippen molar-refractivity contribution in [2.75, 3.05) is 0 Å². The number of hydrogen-bond acceptors (Lipinski definition) is 4. The number of carbonyl (C=O) groups is 1. The van der Waals surface area contributed by atoms with Crippen LogP contribution >= 0.6 is 23.2 Å². The van der Waals surface area contributed by atoms with E-state index in [1.165, 1.54) is 0 Å². The molecular formula is C5H2Cl2N4O. The molecule has 1 amide bonds. The Morgan fingerprint density at radius 3 is 2.83 bits per heavy atom. The number of hydrogen-bond donors (Lipinski definition) is 1. The largest absolute Gasteiger partial charge is 0.298 e. The van der Waals surface area contributed by atoms with E-state index in [1.54, 1.807) is 0 Å². The lowest BCUT2D eigenvalue weighted by molar-refractivity contribution is -0.119. The molecule has 2 aliphatic heterocycles. The summed E-state index contributed by atoms with van der Waals surface area (Å²) in [5, 5.41) is 2.33. The Bertz CT molecular complexity index is 345. The summed E-state index contributed by atoms with van der Waals surface area (Å²) in [7, 11) is 0. The summed E-state index contributed by atoms with van der Waals surface area (Å²) in [6, 6.07) is -0.722. The Labute approximate surface area is 77.2 Å². The van der Waals surface area contributed by atoms with Crippen LogP contribution < -0.4 is 5.32 Å². The van der Waals surface area contributed by atoms with Crippen LogP contribution in [0.15, 0.2) is 15.0 Å². The van der Waals surface area contributed by atoms with Crippen LogP contribution in [-0.4, -0.2) is 28.4 Å². The zero-order valence-electron chi connectivity index (χ0n) is 5.58. The molecule has 0 aliphatic carbocycles. The fourth-order valence-corrected chi connectivity index (χ4v) is 1.27. The van der Waals surface area contributed by atoms with Crippen molar-refractivity contribution in [3.8, 4) is 0 Å². The van der Waals surface area contributed by atoms with E-state index in [0.29, 0.717) is 0 Å². The quantitative estimate of drug-likeness (QED) is 0.559. The predicted molar refractivity (Wildman–Crippen MR) is 45.9 cm³/mol. The van der Waals surface area contributed by atoms with E-state index in [-0.39, 0.29) is 22.3 Å². The molecule has 1 unspecified atom stereocenters. The van der Waals surface area contributed by atoms with Crippen LogP contribution in [0.3, 0.4) is 0 Å². The number of carbonyl (C=O) groups excluding carboxylic acids is 1. The number of amides is 1. The number of nitrogens with one attached hydrogen (secondary N) is 1. The van der Waals surface area contributed by atoms with Crippen molar-refractivity contribution in [3.05, 3.63) is 0 Å². The van der Waals surface area contributed by atoms with Gasteiger partial charge < -0.3 is 0 Å². The predicted octanol–water partition coefficient (Wildman–Crippen LogP) is 0.0865. The van der Waals surface area contributed by atoms with E-state index in [0.717, 1.165) is 0 Å². The molecule has 0 saturated carbocycles. The molecule has 0 saturated heterocycles. The van der Waals surface area contributed by atoms with Gasteiger partial charge >= 0.3 is 0 Å². The lowest BCUT2D eigenvalue weighted by atomic mass is 10.2. The molecule has 0 spiro atoms. The number of halogens is 2.